The molecular formula is C22H30N6O3. The van der Waals surface area contributed by atoms with Gasteiger partial charge in [0.05, 0.1) is 0 Å². The molecule has 2 amide bonds. The largest absolute Gasteiger partial charge is 0.444 e. The lowest BCUT2D eigenvalue weighted by Crippen LogP contribution is -2.45. The van der Waals surface area contributed by atoms with Gasteiger partial charge in [0.25, 0.3) is 5.91 Å². The molecule has 1 fully saturated rings. The Bertz CT molecular complexity index is 943. The minimum Gasteiger partial charge on any atom is -0.444 e. The van der Waals surface area contributed by atoms with Gasteiger partial charge in [0.2, 0.25) is 5.95 Å². The Balaban J connectivity index is 1.37. The van der Waals surface area contributed by atoms with Crippen LogP contribution in [0.25, 0.3) is 5.95 Å². The van der Waals surface area contributed by atoms with Gasteiger partial charge in [-0.15, -0.1) is 0 Å². The summed E-state index contributed by atoms with van der Waals surface area (Å²) >= 11 is 0. The molecule has 0 aromatic carbocycles. The molecule has 0 bridgehead atoms. The fourth-order valence-corrected chi connectivity index (χ4v) is 4.21. The van der Waals surface area contributed by atoms with E-state index in [1.54, 1.807) is 23.3 Å². The quantitative estimate of drug-likeness (QED) is 0.778. The number of carbonyl (C=O) groups excluding carboxylic acids is 2. The summed E-state index contributed by atoms with van der Waals surface area (Å²) in [6.45, 7) is 5.55. The summed E-state index contributed by atoms with van der Waals surface area (Å²) in [7, 11) is 0. The number of carbonyl (C=O) groups is 2. The normalized spacial score (nSPS) is 20.7. The number of rotatable bonds is 4. The van der Waals surface area contributed by atoms with Crippen LogP contribution in [-0.2, 0) is 17.6 Å². The Morgan fingerprint density at radius 2 is 1.77 bits per heavy atom. The molecule has 0 atom stereocenters. The molecule has 2 N–H and O–H groups in total. The van der Waals surface area contributed by atoms with Crippen LogP contribution < -0.4 is 10.6 Å². The number of imidazole rings is 1. The predicted molar refractivity (Wildman–Crippen MR) is 114 cm³/mol. The topological polar surface area (TPSA) is 111 Å². The third-order valence-corrected chi connectivity index (χ3v) is 5.65. The van der Waals surface area contributed by atoms with Crippen molar-refractivity contribution >= 4 is 12.0 Å². The second-order valence-electron chi connectivity index (χ2n) is 9.29. The van der Waals surface area contributed by atoms with Crippen molar-refractivity contribution in [1.29, 1.82) is 0 Å². The monoisotopic (exact) mass is 426 g/mol. The summed E-state index contributed by atoms with van der Waals surface area (Å²) in [6, 6.07) is 0.132. The molecule has 0 saturated heterocycles. The second-order valence-corrected chi connectivity index (χ2v) is 9.29. The van der Waals surface area contributed by atoms with Crippen molar-refractivity contribution in [2.24, 2.45) is 0 Å². The molecule has 2 aliphatic carbocycles. The van der Waals surface area contributed by atoms with Gasteiger partial charge in [-0.05, 0) is 65.7 Å². The Labute approximate surface area is 182 Å². The van der Waals surface area contributed by atoms with Gasteiger partial charge in [0, 0.05) is 35.7 Å². The number of hydrogen-bond acceptors (Lipinski definition) is 6. The maximum absolute atomic E-state index is 13.1. The zero-order chi connectivity index (χ0) is 22.0. The van der Waals surface area contributed by atoms with Gasteiger partial charge in [-0.3, -0.25) is 9.36 Å². The summed E-state index contributed by atoms with van der Waals surface area (Å²) in [6.07, 6.45) is 10.6. The van der Waals surface area contributed by atoms with Crippen LogP contribution in [-0.4, -0.2) is 49.2 Å². The first-order valence-electron chi connectivity index (χ1n) is 11.0. The molecule has 0 aliphatic heterocycles. The number of aromatic nitrogens is 4. The highest BCUT2D eigenvalue weighted by Gasteiger charge is 2.28. The SMILES string of the molecule is CC(C)(C)OC(=O)NC1CCC(NC(=O)c2nc(-n3ccnc3)nc3c2CCC3)CC1. The molecule has 0 spiro atoms. The first-order valence-corrected chi connectivity index (χ1v) is 11.0. The number of hydrogen-bond donors (Lipinski definition) is 2. The highest BCUT2D eigenvalue weighted by molar-refractivity contribution is 5.94. The van der Waals surface area contributed by atoms with Crippen LogP contribution in [0.5, 0.6) is 0 Å². The van der Waals surface area contributed by atoms with Crippen molar-refractivity contribution in [3.05, 3.63) is 35.7 Å². The van der Waals surface area contributed by atoms with Gasteiger partial charge in [-0.25, -0.2) is 19.7 Å². The highest BCUT2D eigenvalue weighted by Crippen LogP contribution is 2.25. The van der Waals surface area contributed by atoms with Crippen LogP contribution in [0, 0.1) is 0 Å². The van der Waals surface area contributed by atoms with E-state index in [0.717, 1.165) is 56.2 Å². The fourth-order valence-electron chi connectivity index (χ4n) is 4.21. The second kappa shape index (κ2) is 8.64. The van der Waals surface area contributed by atoms with Gasteiger partial charge >= 0.3 is 6.09 Å². The molecule has 2 aromatic rings. The molecule has 0 unspecified atom stereocenters. The van der Waals surface area contributed by atoms with Gasteiger partial charge < -0.3 is 15.4 Å². The number of nitrogens with one attached hydrogen (secondary N) is 2. The van der Waals surface area contributed by atoms with E-state index in [1.165, 1.54) is 0 Å². The number of alkyl carbamates (subject to hydrolysis) is 1. The van der Waals surface area contributed by atoms with Crippen LogP contribution in [0.1, 0.15) is 74.6 Å². The Hall–Kier alpha value is -2.97. The van der Waals surface area contributed by atoms with E-state index >= 15 is 0 Å². The Morgan fingerprint density at radius 3 is 2.42 bits per heavy atom. The third-order valence-electron chi connectivity index (χ3n) is 5.65. The minimum absolute atomic E-state index is 0.0629. The van der Waals surface area contributed by atoms with Gasteiger partial charge in [0.1, 0.15) is 17.6 Å². The maximum atomic E-state index is 13.1. The molecule has 31 heavy (non-hydrogen) atoms. The van der Waals surface area contributed by atoms with Crippen molar-refractivity contribution in [1.82, 2.24) is 30.2 Å². The van der Waals surface area contributed by atoms with Crippen LogP contribution in [0.2, 0.25) is 0 Å². The summed E-state index contributed by atoms with van der Waals surface area (Å²) in [5, 5.41) is 6.09. The van der Waals surface area contributed by atoms with E-state index in [-0.39, 0.29) is 24.1 Å². The lowest BCUT2D eigenvalue weighted by Gasteiger charge is -2.30. The number of aryl methyl sites for hydroxylation is 1. The third kappa shape index (κ3) is 5.21. The summed E-state index contributed by atoms with van der Waals surface area (Å²) < 4.78 is 7.06. The van der Waals surface area contributed by atoms with E-state index in [2.05, 4.69) is 25.6 Å². The van der Waals surface area contributed by atoms with E-state index < -0.39 is 5.60 Å². The van der Waals surface area contributed by atoms with Gasteiger partial charge in [-0.2, -0.15) is 0 Å². The smallest absolute Gasteiger partial charge is 0.407 e. The van der Waals surface area contributed by atoms with Crippen molar-refractivity contribution in [3.63, 3.8) is 0 Å². The zero-order valence-electron chi connectivity index (χ0n) is 18.4. The predicted octanol–water partition coefficient (Wildman–Crippen LogP) is 2.72. The van der Waals surface area contributed by atoms with E-state index in [1.807, 2.05) is 20.8 Å². The summed E-state index contributed by atoms with van der Waals surface area (Å²) in [4.78, 5) is 38.3. The van der Waals surface area contributed by atoms with Crippen LogP contribution in [0.4, 0.5) is 4.79 Å². The number of nitrogens with zero attached hydrogens (tertiary/aromatic N) is 4. The first kappa shape index (κ1) is 21.3. The molecule has 9 nitrogen and oxygen atoms in total. The Morgan fingerprint density at radius 1 is 1.06 bits per heavy atom. The molecule has 1 saturated carbocycles. The maximum Gasteiger partial charge on any atom is 0.407 e. The van der Waals surface area contributed by atoms with E-state index in [4.69, 9.17) is 4.74 Å². The zero-order valence-corrected chi connectivity index (χ0v) is 18.4. The lowest BCUT2D eigenvalue weighted by molar-refractivity contribution is 0.0488. The average molecular weight is 427 g/mol. The fraction of sp³-hybridized carbons (Fsp3) is 0.591. The van der Waals surface area contributed by atoms with Gasteiger partial charge in [-0.1, -0.05) is 0 Å². The Kier molecular flexibility index (Phi) is 5.93. The molecule has 9 heteroatoms. The lowest BCUT2D eigenvalue weighted by atomic mass is 9.91. The molecule has 166 valence electrons. The molecule has 2 aromatic heterocycles. The number of ether oxygens (including phenoxy) is 1. The van der Waals surface area contributed by atoms with Crippen LogP contribution in [0.15, 0.2) is 18.7 Å². The van der Waals surface area contributed by atoms with Crippen LogP contribution in [0.3, 0.4) is 0 Å². The minimum atomic E-state index is -0.511. The molecule has 2 heterocycles. The van der Waals surface area contributed by atoms with E-state index in [0.29, 0.717) is 11.6 Å². The van der Waals surface area contributed by atoms with E-state index in [9.17, 15) is 9.59 Å². The average Bonchev–Trinajstić information content (AvgIpc) is 3.39. The molecule has 0 radical (unpaired) electrons. The summed E-state index contributed by atoms with van der Waals surface area (Å²) in [5.74, 6) is 0.332. The number of amides is 2. The summed E-state index contributed by atoms with van der Waals surface area (Å²) in [5.41, 5.74) is 1.87. The standard InChI is InChI=1S/C22H30N6O3/c1-22(2,3)31-21(30)25-15-9-7-14(8-10-15)24-19(29)18-16-5-4-6-17(16)26-20(27-18)28-12-11-23-13-28/h11-15H,4-10H2,1-3H3,(H,24,29)(H,25,30). The van der Waals surface area contributed by atoms with Crippen molar-refractivity contribution in [2.45, 2.75) is 83.4 Å². The molecular weight excluding hydrogens is 396 g/mol. The highest BCUT2D eigenvalue weighted by atomic mass is 16.6. The van der Waals surface area contributed by atoms with Gasteiger partial charge in [0.15, 0.2) is 0 Å². The first-order chi connectivity index (χ1) is 14.8. The van der Waals surface area contributed by atoms with Crippen molar-refractivity contribution in [3.8, 4) is 5.95 Å². The van der Waals surface area contributed by atoms with Crippen LogP contribution >= 0.6 is 0 Å². The number of fused-ring (bicyclic) bond motifs is 1. The van der Waals surface area contributed by atoms with Crippen molar-refractivity contribution in [2.75, 3.05) is 0 Å². The molecule has 2 aliphatic rings. The van der Waals surface area contributed by atoms with Crippen molar-refractivity contribution < 1.29 is 14.3 Å². The molecule has 4 rings (SSSR count).